The highest BCUT2D eigenvalue weighted by Crippen LogP contribution is 2.24. The predicted octanol–water partition coefficient (Wildman–Crippen LogP) is 8.17. The molecule has 0 radical (unpaired) electrons. The molecule has 0 spiro atoms. The molecule has 0 bridgehead atoms. The van der Waals surface area contributed by atoms with Crippen LogP contribution in [0.1, 0.15) is 22.3 Å². The molecule has 61 heavy (non-hydrogen) atoms. The summed E-state index contributed by atoms with van der Waals surface area (Å²) >= 11 is 0. The summed E-state index contributed by atoms with van der Waals surface area (Å²) in [6, 6.07) is 44.2. The van der Waals surface area contributed by atoms with E-state index in [0.717, 1.165) is 94.2 Å². The van der Waals surface area contributed by atoms with Crippen molar-refractivity contribution in [1.29, 1.82) is 0 Å². The van der Waals surface area contributed by atoms with Crippen LogP contribution in [0.15, 0.2) is 146 Å². The van der Waals surface area contributed by atoms with Gasteiger partial charge in [0.05, 0.1) is 66.9 Å². The first-order chi connectivity index (χ1) is 29.9. The molecule has 11 heteroatoms. The third-order valence-corrected chi connectivity index (χ3v) is 10.3. The van der Waals surface area contributed by atoms with Gasteiger partial charge in [0.25, 0.3) is 0 Å². The molecule has 1 aromatic heterocycles. The van der Waals surface area contributed by atoms with Crippen LogP contribution in [0.2, 0.25) is 0 Å². The minimum absolute atomic E-state index is 0.565. The Hall–Kier alpha value is -5.69. The monoisotopic (exact) mass is 826 g/mol. The highest BCUT2D eigenvalue weighted by molar-refractivity contribution is 5.50. The number of anilines is 2. The van der Waals surface area contributed by atoms with Gasteiger partial charge >= 0.3 is 0 Å². The van der Waals surface area contributed by atoms with E-state index in [-0.39, 0.29) is 0 Å². The number of para-hydroxylation sites is 1. The van der Waals surface area contributed by atoms with E-state index in [2.05, 4.69) is 136 Å². The van der Waals surface area contributed by atoms with Gasteiger partial charge in [0.1, 0.15) is 11.5 Å². The fourth-order valence-electron chi connectivity index (χ4n) is 7.10. The second-order valence-corrected chi connectivity index (χ2v) is 15.2. The molecule has 0 unspecified atom stereocenters. The molecule has 0 aliphatic carbocycles. The Bertz CT molecular complexity index is 2110. The van der Waals surface area contributed by atoms with Gasteiger partial charge in [-0.05, 0) is 97.0 Å². The number of aromatic nitrogens is 2. The molecule has 0 atom stereocenters. The van der Waals surface area contributed by atoms with Gasteiger partial charge in [-0.3, -0.25) is 9.80 Å². The molecule has 1 aliphatic rings. The third-order valence-electron chi connectivity index (χ3n) is 10.3. The number of rotatable bonds is 21. The maximum absolute atomic E-state index is 5.88. The van der Waals surface area contributed by atoms with Crippen LogP contribution in [0, 0.1) is 0 Å². The Morgan fingerprint density at radius 3 is 1.84 bits per heavy atom. The average Bonchev–Trinajstić information content (AvgIpc) is 3.85. The van der Waals surface area contributed by atoms with Gasteiger partial charge < -0.3 is 38.1 Å². The molecule has 0 saturated carbocycles. The lowest BCUT2D eigenvalue weighted by molar-refractivity contribution is 0.00585. The SMILES string of the molecule is COc1cccc(CN(CN(C)C)c2ccccc2)c1.COc1cccc(CN(Cc2cccc(-n3ccnc3)c2)c2ccc(COCCOCCN3CCOCC3)cc2)c1. The minimum atomic E-state index is 0.565. The number of hydrogen-bond donors (Lipinski definition) is 0. The maximum Gasteiger partial charge on any atom is 0.119 e. The van der Waals surface area contributed by atoms with E-state index >= 15 is 0 Å². The van der Waals surface area contributed by atoms with Crippen LogP contribution in [0.25, 0.3) is 5.69 Å². The van der Waals surface area contributed by atoms with Gasteiger partial charge in [0.2, 0.25) is 0 Å². The summed E-state index contributed by atoms with van der Waals surface area (Å²) in [6.07, 6.45) is 5.59. The number of hydrogen-bond acceptors (Lipinski definition) is 10. The van der Waals surface area contributed by atoms with Crippen LogP contribution in [0.5, 0.6) is 11.5 Å². The molecule has 0 N–H and O–H groups in total. The van der Waals surface area contributed by atoms with Crippen LogP contribution < -0.4 is 19.3 Å². The summed E-state index contributed by atoms with van der Waals surface area (Å²) in [5.41, 5.74) is 8.27. The van der Waals surface area contributed by atoms with E-state index in [4.69, 9.17) is 23.7 Å². The number of imidazole rings is 1. The summed E-state index contributed by atoms with van der Waals surface area (Å²) in [4.78, 5) is 13.5. The second-order valence-electron chi connectivity index (χ2n) is 15.2. The summed E-state index contributed by atoms with van der Waals surface area (Å²) in [5.74, 6) is 1.77. The van der Waals surface area contributed by atoms with Crippen molar-refractivity contribution in [3.8, 4) is 17.2 Å². The summed E-state index contributed by atoms with van der Waals surface area (Å²) < 4.78 is 29.8. The molecule has 6 aromatic rings. The largest absolute Gasteiger partial charge is 0.497 e. The number of morpholine rings is 1. The zero-order valence-electron chi connectivity index (χ0n) is 36.3. The lowest BCUT2D eigenvalue weighted by atomic mass is 10.1. The highest BCUT2D eigenvalue weighted by Gasteiger charge is 2.13. The summed E-state index contributed by atoms with van der Waals surface area (Å²) in [7, 11) is 7.58. The molecule has 1 fully saturated rings. The molecular weight excluding hydrogens is 765 g/mol. The van der Waals surface area contributed by atoms with Crippen molar-refractivity contribution < 1.29 is 23.7 Å². The first kappa shape index (κ1) is 44.9. The lowest BCUT2D eigenvalue weighted by Crippen LogP contribution is -2.38. The zero-order chi connectivity index (χ0) is 42.5. The topological polar surface area (TPSA) is 76.9 Å². The van der Waals surface area contributed by atoms with E-state index < -0.39 is 0 Å². The minimum Gasteiger partial charge on any atom is -0.497 e. The van der Waals surface area contributed by atoms with Crippen molar-refractivity contribution in [3.63, 3.8) is 0 Å². The van der Waals surface area contributed by atoms with E-state index in [0.29, 0.717) is 19.8 Å². The molecule has 11 nitrogen and oxygen atoms in total. The van der Waals surface area contributed by atoms with Crippen molar-refractivity contribution in [2.45, 2.75) is 26.2 Å². The molecule has 1 saturated heterocycles. The molecular formula is C50H62N6O5. The summed E-state index contributed by atoms with van der Waals surface area (Å²) in [6.45, 7) is 10.3. The predicted molar refractivity (Wildman–Crippen MR) is 245 cm³/mol. The second kappa shape index (κ2) is 24.5. The number of ether oxygens (including phenoxy) is 5. The van der Waals surface area contributed by atoms with E-state index in [1.54, 1.807) is 20.4 Å². The molecule has 2 heterocycles. The maximum atomic E-state index is 5.88. The molecule has 1 aliphatic heterocycles. The zero-order valence-corrected chi connectivity index (χ0v) is 36.3. The Labute approximate surface area is 362 Å². The number of methoxy groups -OCH3 is 2. The van der Waals surface area contributed by atoms with Gasteiger partial charge in [0.15, 0.2) is 0 Å². The quantitative estimate of drug-likeness (QED) is 0.0524. The Balaban J connectivity index is 0.000000260. The van der Waals surface area contributed by atoms with Gasteiger partial charge in [0, 0.05) is 68.7 Å². The fourth-order valence-corrected chi connectivity index (χ4v) is 7.10. The van der Waals surface area contributed by atoms with Gasteiger partial charge in [-0.25, -0.2) is 4.98 Å². The number of benzene rings is 5. The van der Waals surface area contributed by atoms with Gasteiger partial charge in [-0.1, -0.05) is 66.7 Å². The van der Waals surface area contributed by atoms with E-state index in [1.165, 1.54) is 22.4 Å². The average molecular weight is 827 g/mol. The van der Waals surface area contributed by atoms with Gasteiger partial charge in [-0.2, -0.15) is 0 Å². The summed E-state index contributed by atoms with van der Waals surface area (Å²) in [5, 5.41) is 0. The van der Waals surface area contributed by atoms with E-state index in [9.17, 15) is 0 Å². The van der Waals surface area contributed by atoms with Crippen molar-refractivity contribution in [2.24, 2.45) is 0 Å². The normalized spacial score (nSPS) is 12.7. The van der Waals surface area contributed by atoms with Crippen molar-refractivity contribution in [1.82, 2.24) is 19.4 Å². The van der Waals surface area contributed by atoms with E-state index in [1.807, 2.05) is 47.4 Å². The molecule has 7 rings (SSSR count). The van der Waals surface area contributed by atoms with Crippen LogP contribution >= 0.6 is 0 Å². The molecule has 322 valence electrons. The lowest BCUT2D eigenvalue weighted by Gasteiger charge is -2.28. The number of nitrogens with zero attached hydrogens (tertiary/aromatic N) is 6. The van der Waals surface area contributed by atoms with Crippen LogP contribution in [-0.2, 0) is 40.5 Å². The first-order valence-corrected chi connectivity index (χ1v) is 21.0. The smallest absolute Gasteiger partial charge is 0.119 e. The highest BCUT2D eigenvalue weighted by atomic mass is 16.5. The van der Waals surface area contributed by atoms with Crippen molar-refractivity contribution in [3.05, 3.63) is 168 Å². The van der Waals surface area contributed by atoms with Gasteiger partial charge in [-0.15, -0.1) is 0 Å². The Morgan fingerprint density at radius 2 is 1.21 bits per heavy atom. The van der Waals surface area contributed by atoms with Crippen LogP contribution in [0.3, 0.4) is 0 Å². The molecule has 0 amide bonds. The van der Waals surface area contributed by atoms with Crippen molar-refractivity contribution in [2.75, 3.05) is 97.5 Å². The fraction of sp³-hybridized carbons (Fsp3) is 0.340. The van der Waals surface area contributed by atoms with Crippen LogP contribution in [0.4, 0.5) is 11.4 Å². The standard InChI is InChI=1S/C33H40N4O4.C17H22N2O/c1-38-33-7-3-5-30(23-33)25-37(24-29-4-2-6-32(22-29)36-13-12-34-27-36)31-10-8-28(9-11-31)26-41-21-20-40-19-16-35-14-17-39-18-15-35;1-18(2)14-19(16-9-5-4-6-10-16)13-15-8-7-11-17(12-15)20-3/h2-13,22-23,27H,14-21,24-26H2,1H3;4-12H,13-14H2,1-3H3. The van der Waals surface area contributed by atoms with Crippen LogP contribution in [-0.4, -0.2) is 107 Å². The Kier molecular flexibility index (Phi) is 18.0. The Morgan fingerprint density at radius 1 is 0.607 bits per heavy atom. The van der Waals surface area contributed by atoms with Crippen molar-refractivity contribution >= 4 is 11.4 Å². The first-order valence-electron chi connectivity index (χ1n) is 21.0. The molecule has 5 aromatic carbocycles. The third kappa shape index (κ3) is 15.1.